The van der Waals surface area contributed by atoms with Crippen molar-refractivity contribution < 1.29 is 8.22 Å². The first-order valence-electron chi connectivity index (χ1n) is 5.63. The average Bonchev–Trinajstić information content (AvgIpc) is 2.12. The van der Waals surface area contributed by atoms with Gasteiger partial charge in [-0.25, -0.2) is 0 Å². The van der Waals surface area contributed by atoms with E-state index in [9.17, 15) is 8.22 Å². The van der Waals surface area contributed by atoms with E-state index in [4.69, 9.17) is 0 Å². The summed E-state index contributed by atoms with van der Waals surface area (Å²) in [6, 6.07) is 9.67. The minimum atomic E-state index is -2.92. The lowest BCUT2D eigenvalue weighted by Gasteiger charge is -2.31. The number of hydrogen-bond acceptors (Lipinski definition) is 0. The Labute approximate surface area is 99.1 Å². The molecule has 1 aromatic rings. The first kappa shape index (κ1) is 13.6. The van der Waals surface area contributed by atoms with Gasteiger partial charge in [-0.05, 0) is 38.2 Å². The van der Waals surface area contributed by atoms with Crippen LogP contribution in [0.5, 0.6) is 0 Å². The average molecular weight is 258 g/mol. The second kappa shape index (κ2) is 4.79. The molecule has 0 aliphatic heterocycles. The van der Waals surface area contributed by atoms with Gasteiger partial charge in [0.15, 0.2) is 0 Å². The van der Waals surface area contributed by atoms with E-state index in [0.717, 1.165) is 5.56 Å². The first-order chi connectivity index (χ1) is 7.21. The molecule has 90 valence electrons. The maximum atomic E-state index is 14.2. The Bertz CT molecular complexity index is 311. The third-order valence-electron chi connectivity index (χ3n) is 2.94. The lowest BCUT2D eigenvalue weighted by molar-refractivity contribution is 0.702. The predicted molar refractivity (Wildman–Crippen MR) is 71.1 cm³/mol. The van der Waals surface area contributed by atoms with Crippen LogP contribution in [0.25, 0.3) is 0 Å². The Kier molecular flexibility index (Phi) is 4.07. The molecule has 0 amide bonds. The van der Waals surface area contributed by atoms with Crippen LogP contribution < -0.4 is 0 Å². The van der Waals surface area contributed by atoms with Gasteiger partial charge in [-0.3, -0.25) is 0 Å². The molecule has 1 rings (SSSR count). The Balaban J connectivity index is 2.89. The van der Waals surface area contributed by atoms with Crippen LogP contribution in [-0.4, -0.2) is 16.8 Å². The van der Waals surface area contributed by atoms with Gasteiger partial charge < -0.3 is 8.22 Å². The van der Waals surface area contributed by atoms with Gasteiger partial charge in [0.25, 0.3) is 0 Å². The summed E-state index contributed by atoms with van der Waals surface area (Å²) in [5, 5.41) is -0.359. The number of benzene rings is 1. The fraction of sp³-hybridized carbons (Fsp3) is 0.500. The fourth-order valence-electron chi connectivity index (χ4n) is 2.15. The number of hydrogen-bond donors (Lipinski definition) is 0. The molecule has 0 radical (unpaired) electrons. The van der Waals surface area contributed by atoms with Crippen LogP contribution in [0.4, 0.5) is 8.22 Å². The Morgan fingerprint density at radius 1 is 0.938 bits per heavy atom. The van der Waals surface area contributed by atoms with Gasteiger partial charge in [-0.2, -0.15) is 0 Å². The number of rotatable bonds is 4. The van der Waals surface area contributed by atoms with E-state index in [1.165, 1.54) is 0 Å². The molecule has 0 bridgehead atoms. The monoisotopic (exact) mass is 258 g/mol. The molecule has 0 saturated carbocycles. The van der Waals surface area contributed by atoms with Crippen molar-refractivity contribution in [3.8, 4) is 0 Å². The normalized spacial score (nSPS) is 13.2. The van der Waals surface area contributed by atoms with Crippen molar-refractivity contribution in [3.05, 3.63) is 35.9 Å². The van der Waals surface area contributed by atoms with Crippen molar-refractivity contribution >= 4 is 16.8 Å². The standard InChI is InChI=1S/C12H20F2Si2/c1-15(2,13)12(16(3,4)14)10-11-8-6-5-7-9-11/h5-9,12H,10H2,1-4H3. The molecule has 16 heavy (non-hydrogen) atoms. The summed E-state index contributed by atoms with van der Waals surface area (Å²) < 4.78 is 28.3. The highest BCUT2D eigenvalue weighted by atomic mass is 28.4. The maximum Gasteiger partial charge on any atom is 0.244 e. The molecular weight excluding hydrogens is 238 g/mol. The highest BCUT2D eigenvalue weighted by molar-refractivity contribution is 6.91. The summed E-state index contributed by atoms with van der Waals surface area (Å²) in [5.41, 5.74) is 1.05. The third-order valence-corrected chi connectivity index (χ3v) is 10.8. The Hall–Kier alpha value is -0.486. The van der Waals surface area contributed by atoms with E-state index in [2.05, 4.69) is 0 Å². The van der Waals surface area contributed by atoms with Crippen LogP contribution in [-0.2, 0) is 6.42 Å². The van der Waals surface area contributed by atoms with Crippen molar-refractivity contribution in [3.63, 3.8) is 0 Å². The van der Waals surface area contributed by atoms with Gasteiger partial charge in [0.1, 0.15) is 0 Å². The van der Waals surface area contributed by atoms with Crippen molar-refractivity contribution in [2.45, 2.75) is 37.8 Å². The molecular formula is C12H20F2Si2. The van der Waals surface area contributed by atoms with E-state index >= 15 is 0 Å². The van der Waals surface area contributed by atoms with E-state index in [1.807, 2.05) is 30.3 Å². The highest BCUT2D eigenvalue weighted by Crippen LogP contribution is 2.36. The van der Waals surface area contributed by atoms with Gasteiger partial charge in [0.05, 0.1) is 0 Å². The molecule has 0 aromatic heterocycles. The summed E-state index contributed by atoms with van der Waals surface area (Å²) in [6.45, 7) is 6.48. The minimum Gasteiger partial charge on any atom is -0.314 e. The number of halogens is 2. The van der Waals surface area contributed by atoms with Gasteiger partial charge in [-0.15, -0.1) is 0 Å². The second-order valence-electron chi connectivity index (χ2n) is 5.37. The van der Waals surface area contributed by atoms with Crippen LogP contribution in [0.2, 0.25) is 31.4 Å². The Morgan fingerprint density at radius 2 is 1.38 bits per heavy atom. The molecule has 4 heteroatoms. The molecule has 0 saturated heterocycles. The van der Waals surface area contributed by atoms with Crippen LogP contribution in [0.1, 0.15) is 5.56 Å². The zero-order chi connectivity index (χ0) is 12.4. The molecule has 0 heterocycles. The van der Waals surface area contributed by atoms with Gasteiger partial charge >= 0.3 is 0 Å². The Morgan fingerprint density at radius 3 is 1.75 bits per heavy atom. The van der Waals surface area contributed by atoms with Crippen molar-refractivity contribution in [1.82, 2.24) is 0 Å². The van der Waals surface area contributed by atoms with Gasteiger partial charge in [0.2, 0.25) is 16.8 Å². The predicted octanol–water partition coefficient (Wildman–Crippen LogP) is 4.49. The summed E-state index contributed by atoms with van der Waals surface area (Å²) >= 11 is 0. The molecule has 0 atom stereocenters. The SMILES string of the molecule is C[Si](C)(F)C(Cc1ccccc1)[Si](C)(C)F. The second-order valence-corrected chi connectivity index (χ2v) is 13.6. The minimum absolute atomic E-state index is 0.359. The lowest BCUT2D eigenvalue weighted by Crippen LogP contribution is -2.43. The molecule has 0 nitrogen and oxygen atoms in total. The molecule has 0 unspecified atom stereocenters. The quantitative estimate of drug-likeness (QED) is 0.551. The maximum absolute atomic E-state index is 14.2. The van der Waals surface area contributed by atoms with Crippen molar-refractivity contribution in [1.29, 1.82) is 0 Å². The van der Waals surface area contributed by atoms with Crippen molar-refractivity contribution in [2.24, 2.45) is 0 Å². The summed E-state index contributed by atoms with van der Waals surface area (Å²) in [4.78, 5) is 0. The molecule has 0 spiro atoms. The fourth-order valence-corrected chi connectivity index (χ4v) is 10.1. The van der Waals surface area contributed by atoms with E-state index < -0.39 is 16.8 Å². The van der Waals surface area contributed by atoms with Crippen molar-refractivity contribution in [2.75, 3.05) is 0 Å². The molecule has 0 aliphatic rings. The van der Waals surface area contributed by atoms with E-state index in [-0.39, 0.29) is 5.16 Å². The lowest BCUT2D eigenvalue weighted by atomic mass is 10.2. The topological polar surface area (TPSA) is 0 Å². The summed E-state index contributed by atoms with van der Waals surface area (Å²) in [6.07, 6.45) is 0.548. The smallest absolute Gasteiger partial charge is 0.244 e. The van der Waals surface area contributed by atoms with Crippen LogP contribution in [0.15, 0.2) is 30.3 Å². The first-order valence-corrected chi connectivity index (χ1v) is 11.5. The van der Waals surface area contributed by atoms with Gasteiger partial charge in [0, 0.05) is 5.16 Å². The third kappa shape index (κ3) is 3.83. The van der Waals surface area contributed by atoms with E-state index in [0.29, 0.717) is 6.42 Å². The molecule has 0 fully saturated rings. The van der Waals surface area contributed by atoms with Crippen LogP contribution >= 0.6 is 0 Å². The van der Waals surface area contributed by atoms with Crippen LogP contribution in [0, 0.1) is 0 Å². The van der Waals surface area contributed by atoms with Crippen LogP contribution in [0.3, 0.4) is 0 Å². The van der Waals surface area contributed by atoms with E-state index in [1.54, 1.807) is 26.2 Å². The largest absolute Gasteiger partial charge is 0.314 e. The summed E-state index contributed by atoms with van der Waals surface area (Å²) in [5.74, 6) is 0. The van der Waals surface area contributed by atoms with Gasteiger partial charge in [-0.1, -0.05) is 30.3 Å². The zero-order valence-corrected chi connectivity index (χ0v) is 12.4. The highest BCUT2D eigenvalue weighted by Gasteiger charge is 2.46. The molecule has 0 N–H and O–H groups in total. The summed E-state index contributed by atoms with van der Waals surface area (Å²) in [7, 11) is -5.84. The zero-order valence-electron chi connectivity index (χ0n) is 10.4. The molecule has 1 aromatic carbocycles. The molecule has 0 aliphatic carbocycles.